The predicted molar refractivity (Wildman–Crippen MR) is 73.6 cm³/mol. The SMILES string of the molecule is CC(C)(C)c1ccc(C(O)C2CCCOC2)cc1. The fourth-order valence-corrected chi connectivity index (χ4v) is 2.47. The molecule has 0 bridgehead atoms. The average molecular weight is 248 g/mol. The van der Waals surface area contributed by atoms with Crippen molar-refractivity contribution < 1.29 is 9.84 Å². The molecule has 1 fully saturated rings. The maximum Gasteiger partial charge on any atom is 0.0840 e. The van der Waals surface area contributed by atoms with Gasteiger partial charge in [0.25, 0.3) is 0 Å². The largest absolute Gasteiger partial charge is 0.388 e. The van der Waals surface area contributed by atoms with E-state index in [1.807, 2.05) is 0 Å². The first kappa shape index (κ1) is 13.6. The smallest absolute Gasteiger partial charge is 0.0840 e. The first-order valence-electron chi connectivity index (χ1n) is 6.85. The van der Waals surface area contributed by atoms with Crippen molar-refractivity contribution in [3.8, 4) is 0 Å². The van der Waals surface area contributed by atoms with Crippen LogP contribution in [-0.4, -0.2) is 18.3 Å². The van der Waals surface area contributed by atoms with E-state index in [-0.39, 0.29) is 17.4 Å². The van der Waals surface area contributed by atoms with E-state index in [1.54, 1.807) is 0 Å². The Morgan fingerprint density at radius 2 is 1.89 bits per heavy atom. The van der Waals surface area contributed by atoms with E-state index in [0.717, 1.165) is 25.0 Å². The first-order valence-corrected chi connectivity index (χ1v) is 6.85. The fourth-order valence-electron chi connectivity index (χ4n) is 2.47. The highest BCUT2D eigenvalue weighted by atomic mass is 16.5. The van der Waals surface area contributed by atoms with Gasteiger partial charge in [-0.15, -0.1) is 0 Å². The quantitative estimate of drug-likeness (QED) is 0.868. The molecule has 1 aromatic carbocycles. The summed E-state index contributed by atoms with van der Waals surface area (Å²) < 4.78 is 5.44. The second-order valence-electron chi connectivity index (χ2n) is 6.29. The lowest BCUT2D eigenvalue weighted by atomic mass is 9.85. The Hall–Kier alpha value is -0.860. The zero-order valence-corrected chi connectivity index (χ0v) is 11.6. The normalized spacial score (nSPS) is 22.8. The monoisotopic (exact) mass is 248 g/mol. The third-order valence-electron chi connectivity index (χ3n) is 3.76. The van der Waals surface area contributed by atoms with Gasteiger partial charge in [-0.3, -0.25) is 0 Å². The third kappa shape index (κ3) is 3.12. The molecule has 100 valence electrons. The highest BCUT2D eigenvalue weighted by molar-refractivity contribution is 5.28. The number of rotatable bonds is 2. The van der Waals surface area contributed by atoms with Crippen molar-refractivity contribution in [3.05, 3.63) is 35.4 Å². The van der Waals surface area contributed by atoms with Gasteiger partial charge in [0.05, 0.1) is 12.7 Å². The van der Waals surface area contributed by atoms with Crippen LogP contribution in [0.25, 0.3) is 0 Å². The molecule has 18 heavy (non-hydrogen) atoms. The van der Waals surface area contributed by atoms with Crippen LogP contribution in [0.5, 0.6) is 0 Å². The Bertz CT molecular complexity index is 369. The van der Waals surface area contributed by atoms with Gasteiger partial charge >= 0.3 is 0 Å². The van der Waals surface area contributed by atoms with Crippen LogP contribution < -0.4 is 0 Å². The number of aliphatic hydroxyl groups is 1. The van der Waals surface area contributed by atoms with E-state index in [1.165, 1.54) is 5.56 Å². The van der Waals surface area contributed by atoms with Crippen LogP contribution in [0.1, 0.15) is 50.8 Å². The van der Waals surface area contributed by atoms with Crippen LogP contribution in [0.15, 0.2) is 24.3 Å². The molecule has 0 saturated carbocycles. The molecule has 2 rings (SSSR count). The Balaban J connectivity index is 2.09. The Morgan fingerprint density at radius 3 is 2.39 bits per heavy atom. The van der Waals surface area contributed by atoms with Gasteiger partial charge in [0, 0.05) is 12.5 Å². The van der Waals surface area contributed by atoms with Crippen LogP contribution in [0.4, 0.5) is 0 Å². The third-order valence-corrected chi connectivity index (χ3v) is 3.76. The van der Waals surface area contributed by atoms with Crippen molar-refractivity contribution in [3.63, 3.8) is 0 Å². The highest BCUT2D eigenvalue weighted by Gasteiger charge is 2.24. The second kappa shape index (κ2) is 5.41. The Labute approximate surface area is 110 Å². The fraction of sp³-hybridized carbons (Fsp3) is 0.625. The first-order chi connectivity index (χ1) is 8.48. The van der Waals surface area contributed by atoms with Gasteiger partial charge in [-0.2, -0.15) is 0 Å². The molecule has 2 atom stereocenters. The highest BCUT2D eigenvalue weighted by Crippen LogP contribution is 2.30. The van der Waals surface area contributed by atoms with Crippen molar-refractivity contribution >= 4 is 0 Å². The zero-order chi connectivity index (χ0) is 13.2. The summed E-state index contributed by atoms with van der Waals surface area (Å²) in [6, 6.07) is 8.37. The van der Waals surface area contributed by atoms with Crippen molar-refractivity contribution in [1.82, 2.24) is 0 Å². The van der Waals surface area contributed by atoms with Crippen LogP contribution in [0.3, 0.4) is 0 Å². The van der Waals surface area contributed by atoms with Gasteiger partial charge in [-0.25, -0.2) is 0 Å². The molecule has 2 unspecified atom stereocenters. The summed E-state index contributed by atoms with van der Waals surface area (Å²) in [5.41, 5.74) is 2.48. The molecule has 1 aliphatic heterocycles. The van der Waals surface area contributed by atoms with Crippen LogP contribution in [-0.2, 0) is 10.2 Å². The van der Waals surface area contributed by atoms with E-state index < -0.39 is 0 Å². The summed E-state index contributed by atoms with van der Waals surface area (Å²) in [6.45, 7) is 8.13. The van der Waals surface area contributed by atoms with E-state index >= 15 is 0 Å². The number of hydrogen-bond acceptors (Lipinski definition) is 2. The molecule has 0 radical (unpaired) electrons. The molecule has 1 heterocycles. The van der Waals surface area contributed by atoms with E-state index in [9.17, 15) is 5.11 Å². The molecule has 2 nitrogen and oxygen atoms in total. The molecule has 1 N–H and O–H groups in total. The summed E-state index contributed by atoms with van der Waals surface area (Å²) in [5, 5.41) is 10.4. The molecule has 0 spiro atoms. The van der Waals surface area contributed by atoms with Gasteiger partial charge in [-0.05, 0) is 29.4 Å². The maximum atomic E-state index is 10.4. The van der Waals surface area contributed by atoms with E-state index in [4.69, 9.17) is 4.74 Å². The number of ether oxygens (including phenoxy) is 1. The van der Waals surface area contributed by atoms with Gasteiger partial charge in [-0.1, -0.05) is 45.0 Å². The van der Waals surface area contributed by atoms with Gasteiger partial charge < -0.3 is 9.84 Å². The molecule has 0 amide bonds. The number of aliphatic hydroxyl groups excluding tert-OH is 1. The summed E-state index contributed by atoms with van der Waals surface area (Å²) in [7, 11) is 0. The summed E-state index contributed by atoms with van der Waals surface area (Å²) >= 11 is 0. The zero-order valence-electron chi connectivity index (χ0n) is 11.6. The van der Waals surface area contributed by atoms with Crippen molar-refractivity contribution in [2.75, 3.05) is 13.2 Å². The number of hydrogen-bond donors (Lipinski definition) is 1. The van der Waals surface area contributed by atoms with Gasteiger partial charge in [0.15, 0.2) is 0 Å². The summed E-state index contributed by atoms with van der Waals surface area (Å²) in [6.07, 6.45) is 1.73. The molecule has 0 aliphatic carbocycles. The van der Waals surface area contributed by atoms with Gasteiger partial charge in [0.1, 0.15) is 0 Å². The van der Waals surface area contributed by atoms with Crippen LogP contribution in [0, 0.1) is 5.92 Å². The predicted octanol–water partition coefficient (Wildman–Crippen LogP) is 3.44. The average Bonchev–Trinajstić information content (AvgIpc) is 2.38. The molecule has 1 aromatic rings. The van der Waals surface area contributed by atoms with Gasteiger partial charge in [0.2, 0.25) is 0 Å². The molecule has 0 aromatic heterocycles. The standard InChI is InChI=1S/C16H24O2/c1-16(2,3)14-8-6-12(7-9-14)15(17)13-5-4-10-18-11-13/h6-9,13,15,17H,4-5,10-11H2,1-3H3. The van der Waals surface area contributed by atoms with Crippen molar-refractivity contribution in [2.45, 2.75) is 45.1 Å². The lowest BCUT2D eigenvalue weighted by Crippen LogP contribution is -2.23. The lowest BCUT2D eigenvalue weighted by molar-refractivity contribution is -0.00997. The molecular formula is C16H24O2. The topological polar surface area (TPSA) is 29.5 Å². The molecule has 1 aliphatic rings. The van der Waals surface area contributed by atoms with Crippen LogP contribution in [0.2, 0.25) is 0 Å². The lowest BCUT2D eigenvalue weighted by Gasteiger charge is -2.27. The minimum Gasteiger partial charge on any atom is -0.388 e. The minimum atomic E-state index is -0.390. The van der Waals surface area contributed by atoms with Crippen molar-refractivity contribution in [2.24, 2.45) is 5.92 Å². The molecule has 1 saturated heterocycles. The Kier molecular flexibility index (Phi) is 4.08. The van der Waals surface area contributed by atoms with Crippen LogP contribution >= 0.6 is 0 Å². The summed E-state index contributed by atoms with van der Waals surface area (Å²) in [4.78, 5) is 0. The van der Waals surface area contributed by atoms with E-state index in [2.05, 4.69) is 45.0 Å². The Morgan fingerprint density at radius 1 is 1.22 bits per heavy atom. The molecule has 2 heteroatoms. The minimum absolute atomic E-state index is 0.164. The number of benzene rings is 1. The maximum absolute atomic E-state index is 10.4. The van der Waals surface area contributed by atoms with Crippen molar-refractivity contribution in [1.29, 1.82) is 0 Å². The summed E-state index contributed by atoms with van der Waals surface area (Å²) in [5.74, 6) is 0.249. The second-order valence-corrected chi connectivity index (χ2v) is 6.29. The molecular weight excluding hydrogens is 224 g/mol. The van der Waals surface area contributed by atoms with E-state index in [0.29, 0.717) is 6.61 Å².